The first-order chi connectivity index (χ1) is 5.13. The quantitative estimate of drug-likeness (QED) is 0.636. The van der Waals surface area contributed by atoms with Gasteiger partial charge < -0.3 is 10.6 Å². The maximum atomic E-state index is 9.00. The molecule has 0 fully saturated rings. The number of carbonyl (C=O) groups is 1. The van der Waals surface area contributed by atoms with E-state index in [-0.39, 0.29) is 5.48 Å². The number of aryl methyl sites for hydroxylation is 1. The third-order valence-electron chi connectivity index (χ3n) is 0.940. The lowest BCUT2D eigenvalue weighted by Gasteiger charge is -1.82. The Labute approximate surface area is 72.0 Å². The summed E-state index contributed by atoms with van der Waals surface area (Å²) < 4.78 is 0. The van der Waals surface area contributed by atoms with Crippen LogP contribution in [-0.2, 0) is 4.79 Å². The van der Waals surface area contributed by atoms with E-state index in [0.29, 0.717) is 0 Å². The number of aliphatic carboxylic acids is 1. The third-order valence-corrected chi connectivity index (χ3v) is 0.940. The maximum Gasteiger partial charge on any atom is 0.300 e. The molecule has 0 amide bonds. The van der Waals surface area contributed by atoms with Crippen molar-refractivity contribution in [2.24, 2.45) is 0 Å². The summed E-state index contributed by atoms with van der Waals surface area (Å²) in [6.07, 6.45) is 0. The summed E-state index contributed by atoms with van der Waals surface area (Å²) in [7, 11) is 0. The summed E-state index contributed by atoms with van der Waals surface area (Å²) >= 11 is 0. The van der Waals surface area contributed by atoms with E-state index >= 15 is 0 Å². The molecule has 0 saturated heterocycles. The summed E-state index contributed by atoms with van der Waals surface area (Å²) in [5.74, 6) is -0.833. The Morgan fingerprint density at radius 2 is 1.58 bits per heavy atom. The summed E-state index contributed by atoms with van der Waals surface area (Å²) in [5, 5.41) is 7.42. The molecule has 1 aromatic rings. The number of carboxylic acids is 1. The van der Waals surface area contributed by atoms with Crippen LogP contribution in [0.2, 0.25) is 0 Å². The molecule has 1 aromatic carbocycles. The lowest BCUT2D eigenvalue weighted by atomic mass is 10.2. The molecule has 0 atom stereocenters. The van der Waals surface area contributed by atoms with E-state index < -0.39 is 5.97 Å². The largest absolute Gasteiger partial charge is 0.481 e. The molecule has 12 heavy (non-hydrogen) atoms. The van der Waals surface area contributed by atoms with Crippen molar-refractivity contribution in [1.29, 1.82) is 0 Å². The Kier molecular flexibility index (Phi) is 8.56. The monoisotopic (exact) mass is 170 g/mol. The predicted molar refractivity (Wildman–Crippen MR) is 48.1 cm³/mol. The molecule has 1 rings (SSSR count). The van der Waals surface area contributed by atoms with Crippen molar-refractivity contribution in [3.63, 3.8) is 0 Å². The standard InChI is InChI=1S/C7H8.C2H4O2.H2O/c1-7-5-3-2-4-6-7;1-2(3)4;/h2-6H,1H3;1H3,(H,3,4);1H2. The Balaban J connectivity index is 0. The summed E-state index contributed by atoms with van der Waals surface area (Å²) in [4.78, 5) is 9.00. The Morgan fingerprint density at radius 3 is 1.75 bits per heavy atom. The molecular weight excluding hydrogens is 156 g/mol. The van der Waals surface area contributed by atoms with Gasteiger partial charge in [0.2, 0.25) is 0 Å². The lowest BCUT2D eigenvalue weighted by Crippen LogP contribution is -1.78. The molecule has 0 aliphatic rings. The number of hydrogen-bond acceptors (Lipinski definition) is 1. The number of rotatable bonds is 0. The van der Waals surface area contributed by atoms with Gasteiger partial charge in [0, 0.05) is 6.92 Å². The normalized spacial score (nSPS) is 7.17. The molecule has 0 saturated carbocycles. The van der Waals surface area contributed by atoms with Crippen molar-refractivity contribution in [3.8, 4) is 0 Å². The van der Waals surface area contributed by atoms with Gasteiger partial charge in [-0.15, -0.1) is 0 Å². The molecule has 0 aromatic heterocycles. The molecule has 0 aliphatic heterocycles. The number of carboxylic acid groups (broad SMARTS) is 1. The number of benzene rings is 1. The predicted octanol–water partition coefficient (Wildman–Crippen LogP) is 1.26. The minimum Gasteiger partial charge on any atom is -0.481 e. The summed E-state index contributed by atoms with van der Waals surface area (Å²) in [6, 6.07) is 10.3. The minimum atomic E-state index is -0.833. The van der Waals surface area contributed by atoms with Crippen LogP contribution < -0.4 is 0 Å². The fourth-order valence-electron chi connectivity index (χ4n) is 0.534. The molecule has 0 heterocycles. The van der Waals surface area contributed by atoms with Crippen LogP contribution >= 0.6 is 0 Å². The Morgan fingerprint density at radius 1 is 1.25 bits per heavy atom. The first kappa shape index (κ1) is 13.3. The van der Waals surface area contributed by atoms with Crippen molar-refractivity contribution in [2.75, 3.05) is 0 Å². The molecule has 68 valence electrons. The second kappa shape index (κ2) is 7.75. The van der Waals surface area contributed by atoms with Crippen LogP contribution in [0, 0.1) is 6.92 Å². The smallest absolute Gasteiger partial charge is 0.300 e. The van der Waals surface area contributed by atoms with Gasteiger partial charge in [-0.2, -0.15) is 0 Å². The highest BCUT2D eigenvalue weighted by atomic mass is 16.4. The van der Waals surface area contributed by atoms with Crippen molar-refractivity contribution >= 4 is 5.97 Å². The van der Waals surface area contributed by atoms with Gasteiger partial charge in [-0.3, -0.25) is 4.79 Å². The molecule has 3 N–H and O–H groups in total. The van der Waals surface area contributed by atoms with E-state index in [1.165, 1.54) is 5.56 Å². The number of hydrogen-bond donors (Lipinski definition) is 1. The molecule has 0 spiro atoms. The molecule has 0 aliphatic carbocycles. The van der Waals surface area contributed by atoms with Crippen LogP contribution in [0.1, 0.15) is 12.5 Å². The molecule has 3 nitrogen and oxygen atoms in total. The van der Waals surface area contributed by atoms with Crippen LogP contribution in [0.5, 0.6) is 0 Å². The van der Waals surface area contributed by atoms with Crippen LogP contribution in [0.4, 0.5) is 0 Å². The van der Waals surface area contributed by atoms with Gasteiger partial charge in [0.1, 0.15) is 0 Å². The molecule has 3 heteroatoms. The van der Waals surface area contributed by atoms with Gasteiger partial charge in [-0.1, -0.05) is 35.9 Å². The van der Waals surface area contributed by atoms with Crippen LogP contribution in [0.15, 0.2) is 30.3 Å². The lowest BCUT2D eigenvalue weighted by molar-refractivity contribution is -0.134. The van der Waals surface area contributed by atoms with Crippen molar-refractivity contribution in [1.82, 2.24) is 0 Å². The first-order valence-corrected chi connectivity index (χ1v) is 3.34. The zero-order valence-corrected chi connectivity index (χ0v) is 7.24. The zero-order chi connectivity index (χ0) is 8.69. The van der Waals surface area contributed by atoms with Crippen molar-refractivity contribution < 1.29 is 15.4 Å². The fraction of sp³-hybridized carbons (Fsp3) is 0.222. The van der Waals surface area contributed by atoms with E-state index in [1.807, 2.05) is 18.2 Å². The van der Waals surface area contributed by atoms with E-state index in [0.717, 1.165) is 6.92 Å². The van der Waals surface area contributed by atoms with E-state index in [4.69, 9.17) is 9.90 Å². The Bertz CT molecular complexity index is 202. The molecule has 0 unspecified atom stereocenters. The van der Waals surface area contributed by atoms with Gasteiger partial charge in [-0.05, 0) is 6.92 Å². The van der Waals surface area contributed by atoms with E-state index in [2.05, 4.69) is 19.1 Å². The second-order valence-electron chi connectivity index (χ2n) is 2.17. The highest BCUT2D eigenvalue weighted by molar-refractivity contribution is 5.62. The molecule has 0 radical (unpaired) electrons. The fourth-order valence-corrected chi connectivity index (χ4v) is 0.534. The van der Waals surface area contributed by atoms with Gasteiger partial charge >= 0.3 is 0 Å². The third kappa shape index (κ3) is 11.4. The average Bonchev–Trinajstić information content (AvgIpc) is 1.87. The van der Waals surface area contributed by atoms with Gasteiger partial charge in [0.05, 0.1) is 0 Å². The van der Waals surface area contributed by atoms with Crippen molar-refractivity contribution in [3.05, 3.63) is 35.9 Å². The molecule has 0 bridgehead atoms. The minimum absolute atomic E-state index is 0. The molecular formula is C9H14O3. The average molecular weight is 170 g/mol. The highest BCUT2D eigenvalue weighted by Gasteiger charge is 1.72. The maximum absolute atomic E-state index is 9.00. The van der Waals surface area contributed by atoms with Gasteiger partial charge in [0.25, 0.3) is 5.97 Å². The zero-order valence-electron chi connectivity index (χ0n) is 7.24. The van der Waals surface area contributed by atoms with Gasteiger partial charge in [-0.25, -0.2) is 0 Å². The summed E-state index contributed by atoms with van der Waals surface area (Å²) in [6.45, 7) is 3.17. The van der Waals surface area contributed by atoms with Crippen LogP contribution in [0.25, 0.3) is 0 Å². The van der Waals surface area contributed by atoms with Crippen molar-refractivity contribution in [2.45, 2.75) is 13.8 Å². The van der Waals surface area contributed by atoms with Crippen LogP contribution in [-0.4, -0.2) is 16.6 Å². The SMILES string of the molecule is CC(=O)O.Cc1ccccc1.O. The summed E-state index contributed by atoms with van der Waals surface area (Å²) in [5.41, 5.74) is 1.32. The van der Waals surface area contributed by atoms with E-state index in [9.17, 15) is 0 Å². The highest BCUT2D eigenvalue weighted by Crippen LogP contribution is 1.92. The first-order valence-electron chi connectivity index (χ1n) is 3.34. The topological polar surface area (TPSA) is 68.8 Å². The van der Waals surface area contributed by atoms with Gasteiger partial charge in [0.15, 0.2) is 0 Å². The second-order valence-corrected chi connectivity index (χ2v) is 2.17. The van der Waals surface area contributed by atoms with Crippen LogP contribution in [0.3, 0.4) is 0 Å². The van der Waals surface area contributed by atoms with E-state index in [1.54, 1.807) is 0 Å². The Hall–Kier alpha value is -1.35.